The van der Waals surface area contributed by atoms with Crippen molar-refractivity contribution < 1.29 is 4.92 Å². The molecule has 1 aromatic rings. The number of nitrogens with zero attached hydrogens (tertiary/aromatic N) is 2. The van der Waals surface area contributed by atoms with Gasteiger partial charge >= 0.3 is 0 Å². The van der Waals surface area contributed by atoms with Crippen molar-refractivity contribution in [3.05, 3.63) is 46.0 Å². The molecular weight excluding hydrogens is 216 g/mol. The highest BCUT2D eigenvalue weighted by Crippen LogP contribution is 2.36. The summed E-state index contributed by atoms with van der Waals surface area (Å²) >= 11 is 0. The molecule has 0 bridgehead atoms. The van der Waals surface area contributed by atoms with Crippen molar-refractivity contribution in [3.8, 4) is 0 Å². The van der Waals surface area contributed by atoms with Gasteiger partial charge in [-0.25, -0.2) is 0 Å². The van der Waals surface area contributed by atoms with E-state index in [0.29, 0.717) is 19.0 Å². The van der Waals surface area contributed by atoms with Gasteiger partial charge in [0.1, 0.15) is 0 Å². The Morgan fingerprint density at radius 3 is 2.59 bits per heavy atom. The number of nitro groups is 1. The van der Waals surface area contributed by atoms with Crippen LogP contribution < -0.4 is 0 Å². The van der Waals surface area contributed by atoms with Crippen molar-refractivity contribution >= 4 is 0 Å². The summed E-state index contributed by atoms with van der Waals surface area (Å²) in [6.07, 6.45) is 1.49. The van der Waals surface area contributed by atoms with E-state index in [1.165, 1.54) is 0 Å². The van der Waals surface area contributed by atoms with Crippen molar-refractivity contribution in [2.45, 2.75) is 31.3 Å². The molecule has 1 aliphatic heterocycles. The molecular formula is C13H18N2O2. The summed E-state index contributed by atoms with van der Waals surface area (Å²) in [5, 5.41) is 11.5. The van der Waals surface area contributed by atoms with Gasteiger partial charge in [-0.3, -0.25) is 15.0 Å². The molecule has 0 amide bonds. The molecule has 2 atom stereocenters. The Morgan fingerprint density at radius 2 is 2.06 bits per heavy atom. The number of likely N-dealkylation sites (N-methyl/N-ethyl adjacent to an activating group) is 1. The van der Waals surface area contributed by atoms with Crippen molar-refractivity contribution in [2.75, 3.05) is 13.6 Å². The minimum absolute atomic E-state index is 0.106. The summed E-state index contributed by atoms with van der Waals surface area (Å²) in [6.45, 7) is 2.61. The lowest BCUT2D eigenvalue weighted by atomic mass is 9.81. The number of likely N-dealkylation sites (tertiary alicyclic amines) is 1. The van der Waals surface area contributed by atoms with E-state index < -0.39 is 5.54 Å². The summed E-state index contributed by atoms with van der Waals surface area (Å²) in [5.41, 5.74) is -0.105. The average molecular weight is 234 g/mol. The molecule has 1 saturated heterocycles. The van der Waals surface area contributed by atoms with Gasteiger partial charge in [-0.15, -0.1) is 0 Å². The monoisotopic (exact) mass is 234 g/mol. The van der Waals surface area contributed by atoms with E-state index in [2.05, 4.69) is 11.8 Å². The summed E-state index contributed by atoms with van der Waals surface area (Å²) in [5.74, 6) is 0. The molecule has 1 aromatic carbocycles. The van der Waals surface area contributed by atoms with Crippen LogP contribution in [-0.4, -0.2) is 29.5 Å². The molecule has 0 radical (unpaired) electrons. The minimum Gasteiger partial charge on any atom is -0.297 e. The van der Waals surface area contributed by atoms with E-state index in [4.69, 9.17) is 0 Å². The summed E-state index contributed by atoms with van der Waals surface area (Å²) in [6, 6.07) is 9.80. The van der Waals surface area contributed by atoms with E-state index in [1.54, 1.807) is 0 Å². The van der Waals surface area contributed by atoms with E-state index in [-0.39, 0.29) is 4.92 Å². The molecule has 4 heteroatoms. The van der Waals surface area contributed by atoms with Gasteiger partial charge in [0.15, 0.2) is 0 Å². The van der Waals surface area contributed by atoms with E-state index >= 15 is 0 Å². The highest BCUT2D eigenvalue weighted by atomic mass is 16.6. The number of rotatable bonds is 2. The van der Waals surface area contributed by atoms with Crippen molar-refractivity contribution in [1.82, 2.24) is 4.90 Å². The Hall–Kier alpha value is -1.42. The fourth-order valence-corrected chi connectivity index (χ4v) is 2.55. The second-order valence-corrected chi connectivity index (χ2v) is 4.96. The third-order valence-electron chi connectivity index (χ3n) is 3.90. The molecule has 2 unspecified atom stereocenters. The summed E-state index contributed by atoms with van der Waals surface area (Å²) < 4.78 is 0. The largest absolute Gasteiger partial charge is 0.297 e. The van der Waals surface area contributed by atoms with Gasteiger partial charge in [-0.1, -0.05) is 30.3 Å². The second-order valence-electron chi connectivity index (χ2n) is 4.96. The quantitative estimate of drug-likeness (QED) is 0.582. The van der Waals surface area contributed by atoms with Crippen molar-refractivity contribution in [1.29, 1.82) is 0 Å². The normalized spacial score (nSPS) is 30.1. The van der Waals surface area contributed by atoms with Crippen LogP contribution in [0.3, 0.4) is 0 Å². The Labute approximate surface area is 101 Å². The third-order valence-corrected chi connectivity index (χ3v) is 3.90. The lowest BCUT2D eigenvalue weighted by molar-refractivity contribution is -0.584. The number of hydrogen-bond donors (Lipinski definition) is 0. The molecule has 2 rings (SSSR count). The third kappa shape index (κ3) is 2.05. The molecule has 4 nitrogen and oxygen atoms in total. The van der Waals surface area contributed by atoms with Crippen LogP contribution in [0.2, 0.25) is 0 Å². The van der Waals surface area contributed by atoms with E-state index in [0.717, 1.165) is 12.0 Å². The van der Waals surface area contributed by atoms with Gasteiger partial charge in [0.05, 0.1) is 6.54 Å². The zero-order valence-corrected chi connectivity index (χ0v) is 10.3. The first-order valence-electron chi connectivity index (χ1n) is 5.96. The second kappa shape index (κ2) is 4.45. The van der Waals surface area contributed by atoms with Gasteiger partial charge in [-0.2, -0.15) is 0 Å². The fourth-order valence-electron chi connectivity index (χ4n) is 2.55. The highest BCUT2D eigenvalue weighted by Gasteiger charge is 2.48. The maximum atomic E-state index is 11.5. The number of hydrogen-bond acceptors (Lipinski definition) is 3. The lowest BCUT2D eigenvalue weighted by Gasteiger charge is -2.38. The van der Waals surface area contributed by atoms with Gasteiger partial charge in [0, 0.05) is 22.9 Å². The predicted molar refractivity (Wildman–Crippen MR) is 66.4 cm³/mol. The SMILES string of the molecule is CC1CCC(c2ccccc2)([N+](=O)[O-])CN1C. The molecule has 17 heavy (non-hydrogen) atoms. The van der Waals surface area contributed by atoms with E-state index in [9.17, 15) is 10.1 Å². The van der Waals surface area contributed by atoms with Crippen LogP contribution in [0, 0.1) is 10.1 Å². The van der Waals surface area contributed by atoms with Crippen LogP contribution in [-0.2, 0) is 5.54 Å². The molecule has 0 N–H and O–H groups in total. The van der Waals surface area contributed by atoms with Gasteiger partial charge < -0.3 is 0 Å². The molecule has 1 heterocycles. The molecule has 0 saturated carbocycles. The predicted octanol–water partition coefficient (Wildman–Crippen LogP) is 2.27. The van der Waals surface area contributed by atoms with Crippen LogP contribution >= 0.6 is 0 Å². The highest BCUT2D eigenvalue weighted by molar-refractivity contribution is 5.23. The van der Waals surface area contributed by atoms with Gasteiger partial charge in [0.25, 0.3) is 5.54 Å². The average Bonchev–Trinajstić information content (AvgIpc) is 2.33. The Morgan fingerprint density at radius 1 is 1.41 bits per heavy atom. The molecule has 92 valence electrons. The summed E-state index contributed by atoms with van der Waals surface area (Å²) in [7, 11) is 1.96. The first kappa shape index (κ1) is 12.0. The fraction of sp³-hybridized carbons (Fsp3) is 0.538. The van der Waals surface area contributed by atoms with Crippen LogP contribution in [0.5, 0.6) is 0 Å². The number of benzene rings is 1. The maximum absolute atomic E-state index is 11.5. The van der Waals surface area contributed by atoms with E-state index in [1.807, 2.05) is 37.4 Å². The topological polar surface area (TPSA) is 46.4 Å². The molecule has 0 spiro atoms. The first-order valence-corrected chi connectivity index (χ1v) is 5.96. The van der Waals surface area contributed by atoms with Gasteiger partial charge in [-0.05, 0) is 20.4 Å². The molecule has 1 fully saturated rings. The zero-order chi connectivity index (χ0) is 12.5. The molecule has 0 aromatic heterocycles. The van der Waals surface area contributed by atoms with Crippen LogP contribution in [0.1, 0.15) is 25.3 Å². The Balaban J connectivity index is 2.38. The first-order chi connectivity index (χ1) is 8.06. The molecule has 0 aliphatic carbocycles. The van der Waals surface area contributed by atoms with Crippen molar-refractivity contribution in [2.24, 2.45) is 0 Å². The maximum Gasteiger partial charge on any atom is 0.259 e. The van der Waals surface area contributed by atoms with Crippen LogP contribution in [0.4, 0.5) is 0 Å². The summed E-state index contributed by atoms with van der Waals surface area (Å²) in [4.78, 5) is 13.5. The minimum atomic E-state index is -0.928. The smallest absolute Gasteiger partial charge is 0.259 e. The van der Waals surface area contributed by atoms with Gasteiger partial charge in [0.2, 0.25) is 0 Å². The zero-order valence-electron chi connectivity index (χ0n) is 10.3. The van der Waals surface area contributed by atoms with Crippen LogP contribution in [0.25, 0.3) is 0 Å². The number of piperidine rings is 1. The lowest BCUT2D eigenvalue weighted by Crippen LogP contribution is -2.52. The molecule has 1 aliphatic rings. The standard InChI is InChI=1S/C13H18N2O2/c1-11-8-9-13(15(16)17,10-14(11)2)12-6-4-3-5-7-12/h3-7,11H,8-10H2,1-2H3. The van der Waals surface area contributed by atoms with Crippen LogP contribution in [0.15, 0.2) is 30.3 Å². The Kier molecular flexibility index (Phi) is 3.15. The van der Waals surface area contributed by atoms with Crippen molar-refractivity contribution in [3.63, 3.8) is 0 Å². The Bertz CT molecular complexity index is 407.